The molecule has 6 nitrogen and oxygen atoms in total. The van der Waals surface area contributed by atoms with E-state index >= 15 is 0 Å². The smallest absolute Gasteiger partial charge is 0.243 e. The number of nitrogens with zero attached hydrogens (tertiary/aromatic N) is 1. The van der Waals surface area contributed by atoms with Crippen LogP contribution in [0.15, 0.2) is 23.1 Å². The topological polar surface area (TPSA) is 91.8 Å². The van der Waals surface area contributed by atoms with Gasteiger partial charge >= 0.3 is 0 Å². The molecule has 1 saturated heterocycles. The van der Waals surface area contributed by atoms with Crippen LogP contribution < -0.4 is 0 Å². The number of hydrogen-bond acceptors (Lipinski definition) is 5. The van der Waals surface area contributed by atoms with Gasteiger partial charge in [-0.2, -0.15) is 4.31 Å². The predicted octanol–water partition coefficient (Wildman–Crippen LogP) is 1.16. The third kappa shape index (κ3) is 3.74. The summed E-state index contributed by atoms with van der Waals surface area (Å²) in [6.07, 6.45) is 0.211. The molecule has 10 heteroatoms. The van der Waals surface area contributed by atoms with Crippen molar-refractivity contribution in [1.82, 2.24) is 4.31 Å². The Morgan fingerprint density at radius 3 is 2.45 bits per heavy atom. The van der Waals surface area contributed by atoms with Gasteiger partial charge in [-0.05, 0) is 24.6 Å². The van der Waals surface area contributed by atoms with E-state index in [1.807, 2.05) is 0 Å². The Labute approximate surface area is 139 Å². The zero-order valence-electron chi connectivity index (χ0n) is 11.4. The normalized spacial score (nSPS) is 21.4. The molecule has 0 spiro atoms. The molecular formula is C12H15Cl2NO5S2. The number of rotatable bonds is 5. The Morgan fingerprint density at radius 2 is 1.95 bits per heavy atom. The summed E-state index contributed by atoms with van der Waals surface area (Å²) in [6, 6.07) is 3.19. The van der Waals surface area contributed by atoms with Crippen molar-refractivity contribution in [2.75, 3.05) is 24.7 Å². The summed E-state index contributed by atoms with van der Waals surface area (Å²) < 4.78 is 49.6. The highest BCUT2D eigenvalue weighted by Crippen LogP contribution is 2.29. The van der Waals surface area contributed by atoms with Gasteiger partial charge in [0.05, 0.1) is 33.1 Å². The first-order valence-electron chi connectivity index (χ1n) is 6.45. The van der Waals surface area contributed by atoms with Crippen molar-refractivity contribution in [3.63, 3.8) is 0 Å². The molecule has 1 fully saturated rings. The van der Waals surface area contributed by atoms with Gasteiger partial charge in [0.25, 0.3) is 0 Å². The highest BCUT2D eigenvalue weighted by atomic mass is 35.5. The second-order valence-electron chi connectivity index (χ2n) is 4.97. The van der Waals surface area contributed by atoms with Crippen LogP contribution in [0.1, 0.15) is 6.42 Å². The number of sulfonamides is 1. The van der Waals surface area contributed by atoms with Crippen molar-refractivity contribution in [2.24, 2.45) is 0 Å². The molecule has 0 amide bonds. The molecule has 1 aliphatic rings. The molecule has 1 aliphatic heterocycles. The molecule has 1 atom stereocenters. The summed E-state index contributed by atoms with van der Waals surface area (Å²) in [5.74, 6) is -0.302. The number of halogens is 2. The minimum atomic E-state index is -3.97. The maximum atomic E-state index is 12.7. The summed E-state index contributed by atoms with van der Waals surface area (Å²) in [7, 11) is -7.22. The molecule has 0 unspecified atom stereocenters. The lowest BCUT2D eigenvalue weighted by Crippen LogP contribution is -2.42. The first-order valence-corrected chi connectivity index (χ1v) is 10.5. The standard InChI is InChI=1S/C12H15Cl2NO5S2/c13-11-2-1-10(7-12(11)14)22(19,20)15(4-5-16)9-3-6-21(17,18)8-9/h1-2,7,9,16H,3-6,8H2/t9-/m1/s1. The zero-order chi connectivity index (χ0) is 16.5. The first-order chi connectivity index (χ1) is 10.2. The van der Waals surface area contributed by atoms with Crippen LogP contribution in [0.2, 0.25) is 10.0 Å². The van der Waals surface area contributed by atoms with Gasteiger partial charge in [-0.1, -0.05) is 23.2 Å². The second-order valence-corrected chi connectivity index (χ2v) is 9.91. The Morgan fingerprint density at radius 1 is 1.27 bits per heavy atom. The highest BCUT2D eigenvalue weighted by molar-refractivity contribution is 7.92. The first kappa shape index (κ1) is 18.0. The number of sulfone groups is 1. The van der Waals surface area contributed by atoms with Gasteiger partial charge in [-0.25, -0.2) is 16.8 Å². The number of aliphatic hydroxyl groups is 1. The van der Waals surface area contributed by atoms with E-state index in [4.69, 9.17) is 28.3 Å². The lowest BCUT2D eigenvalue weighted by molar-refractivity contribution is 0.232. The highest BCUT2D eigenvalue weighted by Gasteiger charge is 2.38. The number of benzene rings is 1. The summed E-state index contributed by atoms with van der Waals surface area (Å²) in [5.41, 5.74) is 0. The summed E-state index contributed by atoms with van der Waals surface area (Å²) in [6.45, 7) is -0.583. The van der Waals surface area contributed by atoms with E-state index in [0.29, 0.717) is 0 Å². The predicted molar refractivity (Wildman–Crippen MR) is 84.5 cm³/mol. The van der Waals surface area contributed by atoms with Crippen molar-refractivity contribution >= 4 is 43.1 Å². The van der Waals surface area contributed by atoms with Crippen LogP contribution in [-0.2, 0) is 19.9 Å². The molecule has 1 aromatic carbocycles. The van der Waals surface area contributed by atoms with Crippen LogP contribution in [-0.4, -0.2) is 56.9 Å². The average Bonchev–Trinajstić information content (AvgIpc) is 2.78. The minimum absolute atomic E-state index is 0.0590. The fraction of sp³-hybridized carbons (Fsp3) is 0.500. The van der Waals surface area contributed by atoms with E-state index in [0.717, 1.165) is 4.31 Å². The Hall–Kier alpha value is -0.380. The Balaban J connectivity index is 2.40. The van der Waals surface area contributed by atoms with Crippen molar-refractivity contribution in [3.05, 3.63) is 28.2 Å². The maximum absolute atomic E-state index is 12.7. The summed E-state index contributed by atoms with van der Waals surface area (Å²) in [4.78, 5) is -0.0837. The van der Waals surface area contributed by atoms with E-state index in [9.17, 15) is 16.8 Å². The summed E-state index contributed by atoms with van der Waals surface area (Å²) in [5, 5.41) is 9.44. The van der Waals surface area contributed by atoms with Crippen molar-refractivity contribution in [3.8, 4) is 0 Å². The molecule has 0 aliphatic carbocycles. The van der Waals surface area contributed by atoms with Crippen LogP contribution in [0.4, 0.5) is 0 Å². The van der Waals surface area contributed by atoms with E-state index in [1.165, 1.54) is 18.2 Å². The molecule has 0 radical (unpaired) electrons. The lowest BCUT2D eigenvalue weighted by Gasteiger charge is -2.26. The molecule has 1 N–H and O–H groups in total. The lowest BCUT2D eigenvalue weighted by atomic mass is 10.3. The molecular weight excluding hydrogens is 373 g/mol. The van der Waals surface area contributed by atoms with Crippen LogP contribution in [0, 0.1) is 0 Å². The zero-order valence-corrected chi connectivity index (χ0v) is 14.6. The quantitative estimate of drug-likeness (QED) is 0.818. The molecule has 1 heterocycles. The van der Waals surface area contributed by atoms with Gasteiger partial charge in [-0.3, -0.25) is 0 Å². The summed E-state index contributed by atoms with van der Waals surface area (Å²) >= 11 is 11.6. The molecule has 0 aromatic heterocycles. The number of hydrogen-bond donors (Lipinski definition) is 1. The van der Waals surface area contributed by atoms with Gasteiger partial charge in [0, 0.05) is 12.6 Å². The van der Waals surface area contributed by atoms with Gasteiger partial charge in [0.2, 0.25) is 10.0 Å². The van der Waals surface area contributed by atoms with E-state index in [-0.39, 0.29) is 39.4 Å². The molecule has 1 aromatic rings. The van der Waals surface area contributed by atoms with Gasteiger partial charge in [0.15, 0.2) is 9.84 Å². The van der Waals surface area contributed by atoms with Gasteiger partial charge < -0.3 is 5.11 Å². The van der Waals surface area contributed by atoms with Crippen molar-refractivity contribution < 1.29 is 21.9 Å². The van der Waals surface area contributed by atoms with Crippen molar-refractivity contribution in [1.29, 1.82) is 0 Å². The van der Waals surface area contributed by atoms with Gasteiger partial charge in [0.1, 0.15) is 0 Å². The van der Waals surface area contributed by atoms with Crippen LogP contribution in [0.25, 0.3) is 0 Å². The van der Waals surface area contributed by atoms with Gasteiger partial charge in [-0.15, -0.1) is 0 Å². The molecule has 0 saturated carbocycles. The average molecular weight is 388 g/mol. The molecule has 0 bridgehead atoms. The van der Waals surface area contributed by atoms with Crippen LogP contribution >= 0.6 is 23.2 Å². The van der Waals surface area contributed by atoms with Crippen LogP contribution in [0.5, 0.6) is 0 Å². The molecule has 124 valence electrons. The Bertz CT molecular complexity index is 764. The molecule has 22 heavy (non-hydrogen) atoms. The fourth-order valence-corrected chi connectivity index (χ4v) is 6.23. The largest absolute Gasteiger partial charge is 0.395 e. The number of aliphatic hydroxyl groups excluding tert-OH is 1. The maximum Gasteiger partial charge on any atom is 0.243 e. The fourth-order valence-electron chi connectivity index (χ4n) is 2.37. The van der Waals surface area contributed by atoms with Crippen LogP contribution in [0.3, 0.4) is 0 Å². The van der Waals surface area contributed by atoms with E-state index in [2.05, 4.69) is 0 Å². The SMILES string of the molecule is O=S1(=O)CC[C@@H](N(CCO)S(=O)(=O)c2ccc(Cl)c(Cl)c2)C1. The second kappa shape index (κ2) is 6.62. The Kier molecular flexibility index (Phi) is 5.41. The third-order valence-corrected chi connectivity index (χ3v) is 7.87. The van der Waals surface area contributed by atoms with Crippen molar-refractivity contribution in [2.45, 2.75) is 17.4 Å². The van der Waals surface area contributed by atoms with E-state index < -0.39 is 32.5 Å². The monoisotopic (exact) mass is 387 g/mol. The minimum Gasteiger partial charge on any atom is -0.395 e. The third-order valence-electron chi connectivity index (χ3n) is 3.43. The van der Waals surface area contributed by atoms with E-state index in [1.54, 1.807) is 0 Å². The molecule has 2 rings (SSSR count).